The lowest BCUT2D eigenvalue weighted by atomic mass is 9.83. The molecule has 10 nitrogen and oxygen atoms in total. The molecule has 0 amide bonds. The second-order valence-corrected chi connectivity index (χ2v) is 6.71. The van der Waals surface area contributed by atoms with Crippen LogP contribution < -0.4 is 0 Å². The fourth-order valence-electron chi connectivity index (χ4n) is 3.73. The second kappa shape index (κ2) is 8.23. The van der Waals surface area contributed by atoms with E-state index >= 15 is 0 Å². The highest BCUT2D eigenvalue weighted by Crippen LogP contribution is 2.44. The maximum Gasteiger partial charge on any atom is 0.337 e. The summed E-state index contributed by atoms with van der Waals surface area (Å²) < 4.78 is 21.3. The highest BCUT2D eigenvalue weighted by molar-refractivity contribution is 5.89. The summed E-state index contributed by atoms with van der Waals surface area (Å²) in [6, 6.07) is 0. The minimum atomic E-state index is -1.59. The van der Waals surface area contributed by atoms with Crippen molar-refractivity contribution in [1.29, 1.82) is 0 Å². The Balaban J connectivity index is 1.80. The van der Waals surface area contributed by atoms with E-state index in [9.17, 15) is 30.3 Å². The monoisotopic (exact) mass is 388 g/mol. The minimum absolute atomic E-state index is 0.270. The number of esters is 1. The summed E-state index contributed by atoms with van der Waals surface area (Å²) in [6.07, 6.45) is -4.73. The summed E-state index contributed by atoms with van der Waals surface area (Å²) in [5.74, 6) is -1.42. The molecule has 8 atom stereocenters. The molecule has 10 heteroatoms. The predicted molar refractivity (Wildman–Crippen MR) is 86.6 cm³/mol. The molecule has 0 aromatic heterocycles. The van der Waals surface area contributed by atoms with Crippen molar-refractivity contribution in [1.82, 2.24) is 0 Å². The third-order valence-corrected chi connectivity index (χ3v) is 5.24. The van der Waals surface area contributed by atoms with Crippen LogP contribution in [0.1, 0.15) is 6.42 Å². The van der Waals surface area contributed by atoms with Gasteiger partial charge in [-0.05, 0) is 12.0 Å². The van der Waals surface area contributed by atoms with Gasteiger partial charge in [0.1, 0.15) is 24.4 Å². The Hall–Kier alpha value is -1.53. The molecule has 27 heavy (non-hydrogen) atoms. The van der Waals surface area contributed by atoms with E-state index in [1.807, 2.05) is 0 Å². The Kier molecular flexibility index (Phi) is 6.16. The lowest BCUT2D eigenvalue weighted by molar-refractivity contribution is -0.339. The summed E-state index contributed by atoms with van der Waals surface area (Å²) >= 11 is 0. The summed E-state index contributed by atoms with van der Waals surface area (Å²) in [4.78, 5) is 12.0. The van der Waals surface area contributed by atoms with Crippen molar-refractivity contribution in [3.8, 4) is 0 Å². The van der Waals surface area contributed by atoms with Crippen LogP contribution in [0.2, 0.25) is 0 Å². The number of fused-ring (bicyclic) bond motifs is 1. The molecule has 0 saturated carbocycles. The maximum absolute atomic E-state index is 12.0. The van der Waals surface area contributed by atoms with E-state index < -0.39 is 55.5 Å². The quantitative estimate of drug-likeness (QED) is 0.258. The van der Waals surface area contributed by atoms with E-state index in [1.165, 1.54) is 13.4 Å². The molecule has 1 aliphatic carbocycles. The van der Waals surface area contributed by atoms with Crippen molar-refractivity contribution < 1.29 is 49.3 Å². The van der Waals surface area contributed by atoms with Gasteiger partial charge in [0, 0.05) is 5.92 Å². The topological polar surface area (TPSA) is 155 Å². The Morgan fingerprint density at radius 1 is 1.19 bits per heavy atom. The zero-order valence-corrected chi connectivity index (χ0v) is 14.7. The van der Waals surface area contributed by atoms with Crippen LogP contribution in [0, 0.1) is 11.8 Å². The maximum atomic E-state index is 12.0. The number of allylic oxidation sites excluding steroid dienone is 1. The molecule has 2 aliphatic heterocycles. The Labute approximate surface area is 155 Å². The molecule has 0 radical (unpaired) electrons. The molecule has 3 rings (SSSR count). The molecule has 0 aromatic carbocycles. The van der Waals surface area contributed by atoms with Crippen LogP contribution in [0.15, 0.2) is 23.5 Å². The Morgan fingerprint density at radius 3 is 2.56 bits per heavy atom. The lowest BCUT2D eigenvalue weighted by Crippen LogP contribution is -2.60. The minimum Gasteiger partial charge on any atom is -0.471 e. The third-order valence-electron chi connectivity index (χ3n) is 5.24. The number of aliphatic hydroxyl groups excluding tert-OH is 5. The second-order valence-electron chi connectivity index (χ2n) is 6.71. The van der Waals surface area contributed by atoms with Gasteiger partial charge in [-0.1, -0.05) is 6.08 Å². The van der Waals surface area contributed by atoms with Crippen molar-refractivity contribution in [3.63, 3.8) is 0 Å². The van der Waals surface area contributed by atoms with Crippen LogP contribution in [-0.2, 0) is 23.7 Å². The van der Waals surface area contributed by atoms with Gasteiger partial charge >= 0.3 is 5.97 Å². The zero-order valence-electron chi connectivity index (χ0n) is 14.7. The average molecular weight is 388 g/mol. The van der Waals surface area contributed by atoms with Crippen LogP contribution in [0.4, 0.5) is 0 Å². The van der Waals surface area contributed by atoms with Gasteiger partial charge < -0.3 is 44.5 Å². The van der Waals surface area contributed by atoms with Gasteiger partial charge in [-0.15, -0.1) is 0 Å². The molecule has 0 spiro atoms. The number of aliphatic hydroxyl groups is 5. The van der Waals surface area contributed by atoms with Gasteiger partial charge in [-0.2, -0.15) is 0 Å². The molecular weight excluding hydrogens is 364 g/mol. The van der Waals surface area contributed by atoms with Crippen molar-refractivity contribution in [2.75, 3.05) is 20.3 Å². The fourth-order valence-corrected chi connectivity index (χ4v) is 3.73. The zero-order chi connectivity index (χ0) is 19.7. The Morgan fingerprint density at radius 2 is 1.93 bits per heavy atom. The highest BCUT2D eigenvalue weighted by Gasteiger charge is 2.49. The molecule has 0 aromatic rings. The number of carbonyl (C=O) groups is 1. The van der Waals surface area contributed by atoms with Gasteiger partial charge in [-0.25, -0.2) is 4.79 Å². The van der Waals surface area contributed by atoms with Crippen molar-refractivity contribution in [2.45, 2.75) is 43.4 Å². The van der Waals surface area contributed by atoms with Gasteiger partial charge in [0.25, 0.3) is 0 Å². The fraction of sp³-hybridized carbons (Fsp3) is 0.706. The number of hydrogen-bond acceptors (Lipinski definition) is 10. The lowest BCUT2D eigenvalue weighted by Gasteiger charge is -2.42. The first-order valence-corrected chi connectivity index (χ1v) is 8.62. The van der Waals surface area contributed by atoms with Crippen LogP contribution in [0.3, 0.4) is 0 Å². The number of ether oxygens (including phenoxy) is 4. The van der Waals surface area contributed by atoms with E-state index in [0.717, 1.165) is 0 Å². The average Bonchev–Trinajstić information content (AvgIpc) is 3.12. The molecule has 5 N–H and O–H groups in total. The van der Waals surface area contributed by atoms with E-state index in [0.29, 0.717) is 17.6 Å². The normalized spacial score (nSPS) is 41.3. The first-order valence-electron chi connectivity index (χ1n) is 8.62. The van der Waals surface area contributed by atoms with Crippen molar-refractivity contribution >= 4 is 5.97 Å². The van der Waals surface area contributed by atoms with Crippen LogP contribution in [0.5, 0.6) is 0 Å². The number of hydrogen-bond donors (Lipinski definition) is 5. The molecule has 152 valence electrons. The third kappa shape index (κ3) is 3.61. The number of methoxy groups -OCH3 is 1. The first-order chi connectivity index (χ1) is 12.9. The molecule has 0 bridgehead atoms. The van der Waals surface area contributed by atoms with E-state index in [4.69, 9.17) is 18.9 Å². The highest BCUT2D eigenvalue weighted by atomic mass is 16.8. The standard InChI is InChI=1S/C17H24O10/c1-24-15(23)9-6-25-16(11-7(4-18)2-3-8(9)11)27-17-14(22)13(21)12(20)10(5-19)26-17/h2,6,8,10-14,16-22H,3-5H2,1H3/t8-,10+,11+,12+,13-,14+,16+,17-/m1/s1. The first kappa shape index (κ1) is 20.2. The summed E-state index contributed by atoms with van der Waals surface area (Å²) in [5.41, 5.74) is 0.903. The molecule has 0 unspecified atom stereocenters. The summed E-state index contributed by atoms with van der Waals surface area (Å²) in [6.45, 7) is -0.857. The number of carbonyl (C=O) groups excluding carboxylic acids is 1. The van der Waals surface area contributed by atoms with Gasteiger partial charge in [-0.3, -0.25) is 0 Å². The van der Waals surface area contributed by atoms with Gasteiger partial charge in [0.05, 0.1) is 38.1 Å². The molecule has 2 heterocycles. The van der Waals surface area contributed by atoms with Crippen molar-refractivity contribution in [2.24, 2.45) is 11.8 Å². The largest absolute Gasteiger partial charge is 0.471 e. The van der Waals surface area contributed by atoms with E-state index in [-0.39, 0.29) is 12.5 Å². The Bertz CT molecular complexity index is 615. The van der Waals surface area contributed by atoms with Crippen LogP contribution >= 0.6 is 0 Å². The molecule has 3 aliphatic rings. The van der Waals surface area contributed by atoms with Crippen LogP contribution in [-0.4, -0.2) is 88.8 Å². The van der Waals surface area contributed by atoms with E-state index in [2.05, 4.69) is 0 Å². The summed E-state index contributed by atoms with van der Waals surface area (Å²) in [5, 5.41) is 48.8. The predicted octanol–water partition coefficient (Wildman–Crippen LogP) is -2.23. The summed E-state index contributed by atoms with van der Waals surface area (Å²) in [7, 11) is 1.25. The van der Waals surface area contributed by atoms with Crippen molar-refractivity contribution in [3.05, 3.63) is 23.5 Å². The molecule has 1 saturated heterocycles. The van der Waals surface area contributed by atoms with E-state index in [1.54, 1.807) is 6.08 Å². The van der Waals surface area contributed by atoms with Gasteiger partial charge in [0.15, 0.2) is 6.29 Å². The molecule has 1 fully saturated rings. The molecular formula is C17H24O10. The smallest absolute Gasteiger partial charge is 0.337 e. The SMILES string of the molecule is COC(=O)C1=CO[C@@H](O[C@H]2O[C@@H](CO)[C@H](O)[C@@H](O)[C@@H]2O)[C@H]2C(CO)=CC[C@H]12. The van der Waals surface area contributed by atoms with Gasteiger partial charge in [0.2, 0.25) is 6.29 Å². The van der Waals surface area contributed by atoms with Crippen LogP contribution in [0.25, 0.3) is 0 Å². The number of rotatable bonds is 5.